The lowest BCUT2D eigenvalue weighted by molar-refractivity contribution is -0.201. The number of nitrogens with one attached hydrogen (secondary N) is 1. The van der Waals surface area contributed by atoms with E-state index in [-0.39, 0.29) is 17.6 Å². The number of ether oxygens (including phenoxy) is 1. The zero-order valence-electron chi connectivity index (χ0n) is 12.4. The minimum Gasteiger partial charge on any atom is -0.364 e. The molecule has 0 saturated carbocycles. The van der Waals surface area contributed by atoms with Crippen molar-refractivity contribution < 1.29 is 9.84 Å². The Labute approximate surface area is 128 Å². The molecule has 0 aliphatic carbocycles. The number of fused-ring (bicyclic) bond motifs is 2. The summed E-state index contributed by atoms with van der Waals surface area (Å²) >= 11 is 0. The fourth-order valence-corrected chi connectivity index (χ4v) is 3.71. The van der Waals surface area contributed by atoms with Gasteiger partial charge in [-0.1, -0.05) is 12.1 Å². The second kappa shape index (κ2) is 5.19. The van der Waals surface area contributed by atoms with E-state index in [1.165, 1.54) is 0 Å². The van der Waals surface area contributed by atoms with Crippen LogP contribution in [0.3, 0.4) is 0 Å². The van der Waals surface area contributed by atoms with Crippen LogP contribution >= 0.6 is 0 Å². The Morgan fingerprint density at radius 3 is 3.09 bits per heavy atom. The van der Waals surface area contributed by atoms with Crippen LogP contribution in [0.15, 0.2) is 41.3 Å². The topological polar surface area (TPSA) is 63.5 Å². The maximum absolute atomic E-state index is 11.9. The van der Waals surface area contributed by atoms with Crippen molar-refractivity contribution in [1.29, 1.82) is 0 Å². The summed E-state index contributed by atoms with van der Waals surface area (Å²) in [6.07, 6.45) is 4.48. The Morgan fingerprint density at radius 2 is 2.23 bits per heavy atom. The molecule has 2 aromatic rings. The van der Waals surface area contributed by atoms with Crippen LogP contribution < -0.4 is 10.7 Å². The second-order valence-electron chi connectivity index (χ2n) is 6.33. The third-order valence-corrected chi connectivity index (χ3v) is 4.73. The van der Waals surface area contributed by atoms with Gasteiger partial charge in [-0.05, 0) is 31.5 Å². The van der Waals surface area contributed by atoms with Crippen molar-refractivity contribution in [3.8, 4) is 0 Å². The van der Waals surface area contributed by atoms with Gasteiger partial charge in [0.05, 0.1) is 18.2 Å². The minimum absolute atomic E-state index is 0.00140. The van der Waals surface area contributed by atoms with Crippen LogP contribution in [0.25, 0.3) is 10.9 Å². The van der Waals surface area contributed by atoms with Gasteiger partial charge in [-0.2, -0.15) is 0 Å². The molecule has 1 unspecified atom stereocenters. The van der Waals surface area contributed by atoms with Crippen molar-refractivity contribution in [3.05, 3.63) is 46.8 Å². The summed E-state index contributed by atoms with van der Waals surface area (Å²) in [5.74, 6) is -1.18. The quantitative estimate of drug-likeness (QED) is 0.876. The predicted octanol–water partition coefficient (Wildman–Crippen LogP) is 1.23. The van der Waals surface area contributed by atoms with Crippen LogP contribution in [0.1, 0.15) is 19.3 Å². The number of aromatic nitrogens is 1. The summed E-state index contributed by atoms with van der Waals surface area (Å²) in [6.45, 7) is 1.32. The zero-order chi connectivity index (χ0) is 15.2. The van der Waals surface area contributed by atoms with Gasteiger partial charge in [-0.15, -0.1) is 0 Å². The summed E-state index contributed by atoms with van der Waals surface area (Å²) < 4.78 is 7.84. The van der Waals surface area contributed by atoms with Crippen molar-refractivity contribution in [1.82, 2.24) is 9.88 Å². The number of benzene rings is 1. The Kier molecular flexibility index (Phi) is 3.29. The molecule has 2 aliphatic rings. The molecule has 2 N–H and O–H groups in total. The van der Waals surface area contributed by atoms with Crippen molar-refractivity contribution >= 4 is 10.9 Å². The lowest BCUT2D eigenvalue weighted by Crippen LogP contribution is -2.41. The third kappa shape index (κ3) is 2.35. The smallest absolute Gasteiger partial charge is 0.189 e. The SMILES string of the molecule is O=c1ccn(CC2(O)C[C@@H]3NCCC[C@@H]3O2)c2ccccc12. The average molecular weight is 300 g/mol. The lowest BCUT2D eigenvalue weighted by Gasteiger charge is -2.26. The number of rotatable bonds is 2. The van der Waals surface area contributed by atoms with Crippen molar-refractivity contribution in [2.75, 3.05) is 6.54 Å². The molecule has 0 spiro atoms. The van der Waals surface area contributed by atoms with E-state index in [2.05, 4.69) is 5.32 Å². The monoisotopic (exact) mass is 300 g/mol. The molecule has 22 heavy (non-hydrogen) atoms. The lowest BCUT2D eigenvalue weighted by atomic mass is 9.99. The van der Waals surface area contributed by atoms with E-state index in [0.717, 1.165) is 24.9 Å². The Morgan fingerprint density at radius 1 is 1.36 bits per heavy atom. The molecule has 2 saturated heterocycles. The highest BCUT2D eigenvalue weighted by Gasteiger charge is 2.46. The Hall–Kier alpha value is -1.69. The molecule has 1 aromatic carbocycles. The van der Waals surface area contributed by atoms with E-state index in [9.17, 15) is 9.90 Å². The van der Waals surface area contributed by atoms with Crippen molar-refractivity contribution in [2.45, 2.75) is 43.7 Å². The first kappa shape index (κ1) is 13.9. The largest absolute Gasteiger partial charge is 0.364 e. The molecule has 5 heteroatoms. The van der Waals surface area contributed by atoms with E-state index in [1.54, 1.807) is 12.3 Å². The Balaban J connectivity index is 1.66. The van der Waals surface area contributed by atoms with Crippen molar-refractivity contribution in [3.63, 3.8) is 0 Å². The first-order chi connectivity index (χ1) is 10.6. The average Bonchev–Trinajstić information content (AvgIpc) is 2.86. The molecule has 3 atom stereocenters. The van der Waals surface area contributed by atoms with Crippen LogP contribution in [0.2, 0.25) is 0 Å². The van der Waals surface area contributed by atoms with E-state index in [1.807, 2.05) is 28.8 Å². The highest BCUT2D eigenvalue weighted by atomic mass is 16.6. The molecule has 2 fully saturated rings. The molecular weight excluding hydrogens is 280 g/mol. The van der Waals surface area contributed by atoms with Gasteiger partial charge in [0.2, 0.25) is 0 Å². The fraction of sp³-hybridized carbons (Fsp3) is 0.471. The summed E-state index contributed by atoms with van der Waals surface area (Å²) in [5.41, 5.74) is 0.830. The van der Waals surface area contributed by atoms with Crippen LogP contribution in [0.4, 0.5) is 0 Å². The molecule has 0 bridgehead atoms. The van der Waals surface area contributed by atoms with Crippen LogP contribution in [-0.2, 0) is 11.3 Å². The maximum Gasteiger partial charge on any atom is 0.189 e. The van der Waals surface area contributed by atoms with E-state index in [4.69, 9.17) is 4.74 Å². The normalized spacial score (nSPS) is 31.3. The molecule has 5 nitrogen and oxygen atoms in total. The molecule has 2 aliphatic heterocycles. The maximum atomic E-state index is 11.9. The van der Waals surface area contributed by atoms with E-state index < -0.39 is 5.79 Å². The number of para-hydroxylation sites is 1. The molecule has 0 amide bonds. The number of hydrogen-bond donors (Lipinski definition) is 2. The molecule has 4 rings (SSSR count). The fourth-order valence-electron chi connectivity index (χ4n) is 3.71. The molecule has 116 valence electrons. The first-order valence-corrected chi connectivity index (χ1v) is 7.86. The predicted molar refractivity (Wildman–Crippen MR) is 83.7 cm³/mol. The summed E-state index contributed by atoms with van der Waals surface area (Å²) in [6, 6.07) is 9.25. The molecule has 1 aromatic heterocycles. The minimum atomic E-state index is -1.18. The number of aliphatic hydroxyl groups is 1. The van der Waals surface area contributed by atoms with Gasteiger partial charge in [0, 0.05) is 30.1 Å². The molecule has 0 radical (unpaired) electrons. The first-order valence-electron chi connectivity index (χ1n) is 7.86. The van der Waals surface area contributed by atoms with Gasteiger partial charge < -0.3 is 19.7 Å². The van der Waals surface area contributed by atoms with E-state index in [0.29, 0.717) is 18.4 Å². The van der Waals surface area contributed by atoms with Crippen LogP contribution in [-0.4, -0.2) is 34.2 Å². The Bertz CT molecular complexity index is 741. The van der Waals surface area contributed by atoms with E-state index >= 15 is 0 Å². The highest BCUT2D eigenvalue weighted by Crippen LogP contribution is 2.34. The third-order valence-electron chi connectivity index (χ3n) is 4.73. The zero-order valence-corrected chi connectivity index (χ0v) is 12.4. The van der Waals surface area contributed by atoms with Gasteiger partial charge in [0.15, 0.2) is 11.2 Å². The number of pyridine rings is 1. The number of hydrogen-bond acceptors (Lipinski definition) is 4. The number of piperidine rings is 1. The highest BCUT2D eigenvalue weighted by molar-refractivity contribution is 5.78. The second-order valence-corrected chi connectivity index (χ2v) is 6.33. The van der Waals surface area contributed by atoms with Gasteiger partial charge in [-0.25, -0.2) is 0 Å². The van der Waals surface area contributed by atoms with Gasteiger partial charge in [0.25, 0.3) is 0 Å². The summed E-state index contributed by atoms with van der Waals surface area (Å²) in [7, 11) is 0. The van der Waals surface area contributed by atoms with Gasteiger partial charge >= 0.3 is 0 Å². The number of nitrogens with zero attached hydrogens (tertiary/aromatic N) is 1. The standard InChI is InChI=1S/C17H20N2O3/c20-15-7-9-19(14-5-2-1-4-12(14)15)11-17(21)10-13-16(22-17)6-3-8-18-13/h1-2,4-5,7,9,13,16,18,21H,3,6,8,10-11H2/t13-,16-,17?/m0/s1. The van der Waals surface area contributed by atoms with Crippen LogP contribution in [0, 0.1) is 0 Å². The van der Waals surface area contributed by atoms with Gasteiger partial charge in [0.1, 0.15) is 0 Å². The summed E-state index contributed by atoms with van der Waals surface area (Å²) in [5, 5.41) is 14.9. The van der Waals surface area contributed by atoms with Crippen LogP contribution in [0.5, 0.6) is 0 Å². The summed E-state index contributed by atoms with van der Waals surface area (Å²) in [4.78, 5) is 11.9. The molecule has 3 heterocycles. The van der Waals surface area contributed by atoms with Crippen molar-refractivity contribution in [2.24, 2.45) is 0 Å². The van der Waals surface area contributed by atoms with Gasteiger partial charge in [-0.3, -0.25) is 4.79 Å². The molecular formula is C17H20N2O3.